The summed E-state index contributed by atoms with van der Waals surface area (Å²) in [6.45, 7) is 0. The molecule has 130 valence electrons. The van der Waals surface area contributed by atoms with Gasteiger partial charge in [-0.1, -0.05) is 36.4 Å². The average Bonchev–Trinajstić information content (AvgIpc) is 2.65. The molecule has 0 bridgehead atoms. The number of fused-ring (bicyclic) bond motifs is 2. The van der Waals surface area contributed by atoms with Gasteiger partial charge in [0.2, 0.25) is 5.75 Å². The summed E-state index contributed by atoms with van der Waals surface area (Å²) >= 11 is 0. The van der Waals surface area contributed by atoms with Gasteiger partial charge in [0.25, 0.3) is 0 Å². The Hall–Kier alpha value is -3.21. The van der Waals surface area contributed by atoms with Gasteiger partial charge in [-0.2, -0.15) is 0 Å². The van der Waals surface area contributed by atoms with Gasteiger partial charge in [0, 0.05) is 24.0 Å². The van der Waals surface area contributed by atoms with Gasteiger partial charge in [-0.15, -0.1) is 0 Å². The lowest BCUT2D eigenvalue weighted by atomic mass is 9.87. The molecule has 0 N–H and O–H groups in total. The normalized spacial score (nSPS) is 15.3. The van der Waals surface area contributed by atoms with Crippen molar-refractivity contribution in [2.45, 2.75) is 6.42 Å². The number of likely N-dealkylation sites (N-methyl/N-ethyl adjacent to an activating group) is 1. The van der Waals surface area contributed by atoms with Crippen LogP contribution in [-0.4, -0.2) is 13.0 Å². The summed E-state index contributed by atoms with van der Waals surface area (Å²) in [5.41, 5.74) is 3.48. The van der Waals surface area contributed by atoms with Crippen molar-refractivity contribution in [3.63, 3.8) is 0 Å². The Morgan fingerprint density at radius 1 is 1.08 bits per heavy atom. The second-order valence-electron chi connectivity index (χ2n) is 6.05. The topological polar surface area (TPSA) is 29.5 Å². The van der Waals surface area contributed by atoms with Gasteiger partial charge in [-0.3, -0.25) is 0 Å². The van der Waals surface area contributed by atoms with E-state index in [1.54, 1.807) is 0 Å². The molecule has 2 aromatic rings. The number of allylic oxidation sites excluding steroid dienone is 4. The lowest BCUT2D eigenvalue weighted by Crippen LogP contribution is -2.28. The zero-order chi connectivity index (χ0) is 18.3. The smallest absolute Gasteiger partial charge is 0.344 e. The van der Waals surface area contributed by atoms with Gasteiger partial charge in [0.15, 0.2) is 11.6 Å². The molecular weight excluding hydrogens is 336 g/mol. The number of carbonyl (C=O) groups is 1. The number of anilines is 1. The van der Waals surface area contributed by atoms with Crippen molar-refractivity contribution < 1.29 is 18.3 Å². The van der Waals surface area contributed by atoms with Gasteiger partial charge >= 0.3 is 5.97 Å². The summed E-state index contributed by atoms with van der Waals surface area (Å²) < 4.78 is 32.9. The first-order valence-electron chi connectivity index (χ1n) is 8.17. The largest absolute Gasteiger partial charge is 0.417 e. The number of benzene rings is 2. The maximum absolute atomic E-state index is 13.9. The first-order chi connectivity index (χ1) is 12.6. The van der Waals surface area contributed by atoms with E-state index in [2.05, 4.69) is 0 Å². The molecule has 0 fully saturated rings. The van der Waals surface area contributed by atoms with Crippen molar-refractivity contribution in [3.05, 3.63) is 89.2 Å². The van der Waals surface area contributed by atoms with Crippen LogP contribution < -0.4 is 9.64 Å². The molecule has 0 saturated heterocycles. The van der Waals surface area contributed by atoms with Crippen molar-refractivity contribution >= 4 is 17.2 Å². The highest BCUT2D eigenvalue weighted by atomic mass is 19.1. The van der Waals surface area contributed by atoms with Crippen molar-refractivity contribution in [1.29, 1.82) is 0 Å². The van der Waals surface area contributed by atoms with E-state index in [-0.39, 0.29) is 0 Å². The molecule has 0 spiro atoms. The second kappa shape index (κ2) is 6.26. The highest BCUT2D eigenvalue weighted by Gasteiger charge is 2.32. The molecule has 0 amide bonds. The summed E-state index contributed by atoms with van der Waals surface area (Å²) in [7, 11) is 1.92. The number of nitrogens with zero attached hydrogens (tertiary/aromatic N) is 1. The SMILES string of the molecule is CN1C2=CC=CCC2=C(C(=O)Oc2c(F)cccc2F)c2ccccc21. The van der Waals surface area contributed by atoms with Crippen LogP contribution >= 0.6 is 0 Å². The molecule has 2 aliphatic rings. The lowest BCUT2D eigenvalue weighted by Gasteiger charge is -2.34. The summed E-state index contributed by atoms with van der Waals surface area (Å²) in [5, 5.41) is 0. The number of esters is 1. The van der Waals surface area contributed by atoms with Gasteiger partial charge in [-0.05, 0) is 36.3 Å². The number of halogens is 2. The highest BCUT2D eigenvalue weighted by Crippen LogP contribution is 2.42. The van der Waals surface area contributed by atoms with Crippen LogP contribution in [0, 0.1) is 11.6 Å². The molecule has 1 aliphatic carbocycles. The zero-order valence-electron chi connectivity index (χ0n) is 14.0. The molecule has 2 aromatic carbocycles. The maximum atomic E-state index is 13.9. The molecule has 4 rings (SSSR count). The first kappa shape index (κ1) is 16.3. The molecule has 0 radical (unpaired) electrons. The van der Waals surface area contributed by atoms with Crippen molar-refractivity contribution in [2.75, 3.05) is 11.9 Å². The Bertz CT molecular complexity index is 985. The second-order valence-corrected chi connectivity index (χ2v) is 6.05. The minimum absolute atomic E-state index is 0.331. The van der Waals surface area contributed by atoms with Gasteiger partial charge in [-0.25, -0.2) is 13.6 Å². The maximum Gasteiger partial charge on any atom is 0.344 e. The van der Waals surface area contributed by atoms with E-state index in [0.717, 1.165) is 29.1 Å². The van der Waals surface area contributed by atoms with Crippen LogP contribution in [0.15, 0.2) is 72.0 Å². The Morgan fingerprint density at radius 3 is 2.58 bits per heavy atom. The van der Waals surface area contributed by atoms with E-state index in [1.807, 2.05) is 54.4 Å². The number of carbonyl (C=O) groups excluding carboxylic acids is 1. The van der Waals surface area contributed by atoms with E-state index in [1.165, 1.54) is 6.07 Å². The Balaban J connectivity index is 1.84. The molecule has 5 heteroatoms. The average molecular weight is 351 g/mol. The van der Waals surface area contributed by atoms with Gasteiger partial charge in [0.05, 0.1) is 5.57 Å². The molecule has 1 aliphatic heterocycles. The van der Waals surface area contributed by atoms with Crippen molar-refractivity contribution in [3.8, 4) is 5.75 Å². The lowest BCUT2D eigenvalue weighted by molar-refractivity contribution is -0.128. The van der Waals surface area contributed by atoms with E-state index in [0.29, 0.717) is 17.6 Å². The minimum atomic E-state index is -0.913. The van der Waals surface area contributed by atoms with Crippen LogP contribution in [-0.2, 0) is 4.79 Å². The standard InChI is InChI=1S/C21H15F2NO2/c1-24-17-11-4-2-7-13(17)19(14-8-3-5-12-18(14)24)21(25)26-20-15(22)9-6-10-16(20)23/h2-7,9-12H,8H2,1H3. The molecule has 0 unspecified atom stereocenters. The summed E-state index contributed by atoms with van der Waals surface area (Å²) in [5.74, 6) is -3.28. The van der Waals surface area contributed by atoms with E-state index >= 15 is 0 Å². The van der Waals surface area contributed by atoms with E-state index in [4.69, 9.17) is 4.74 Å². The fraction of sp³-hybridized carbons (Fsp3) is 0.0952. The molecule has 3 nitrogen and oxygen atoms in total. The Kier molecular flexibility index (Phi) is 3.92. The predicted molar refractivity (Wildman–Crippen MR) is 95.6 cm³/mol. The van der Waals surface area contributed by atoms with Crippen LogP contribution in [0.4, 0.5) is 14.5 Å². The summed E-state index contributed by atoms with van der Waals surface area (Å²) in [4.78, 5) is 14.9. The third-order valence-electron chi connectivity index (χ3n) is 4.54. The molecule has 0 saturated carbocycles. The number of ether oxygens (including phenoxy) is 1. The molecular formula is C21H15F2NO2. The Labute approximate surface area is 149 Å². The number of rotatable bonds is 2. The highest BCUT2D eigenvalue weighted by molar-refractivity contribution is 6.22. The van der Waals surface area contributed by atoms with Crippen LogP contribution in [0.2, 0.25) is 0 Å². The van der Waals surface area contributed by atoms with E-state index in [9.17, 15) is 13.6 Å². The van der Waals surface area contributed by atoms with E-state index < -0.39 is 23.4 Å². The zero-order valence-corrected chi connectivity index (χ0v) is 14.0. The minimum Gasteiger partial charge on any atom is -0.417 e. The molecule has 0 aromatic heterocycles. The molecule has 1 heterocycles. The molecule has 0 atom stereocenters. The number of hydrogen-bond donors (Lipinski definition) is 0. The summed E-state index contributed by atoms with van der Waals surface area (Å²) in [6.07, 6.45) is 6.29. The monoisotopic (exact) mass is 351 g/mol. The van der Waals surface area contributed by atoms with Crippen LogP contribution in [0.1, 0.15) is 12.0 Å². The van der Waals surface area contributed by atoms with Gasteiger partial charge in [0.1, 0.15) is 0 Å². The van der Waals surface area contributed by atoms with Crippen LogP contribution in [0.3, 0.4) is 0 Å². The van der Waals surface area contributed by atoms with Crippen molar-refractivity contribution in [1.82, 2.24) is 0 Å². The fourth-order valence-corrected chi connectivity index (χ4v) is 3.32. The number of hydrogen-bond acceptors (Lipinski definition) is 3. The Morgan fingerprint density at radius 2 is 1.81 bits per heavy atom. The van der Waals surface area contributed by atoms with Crippen LogP contribution in [0.25, 0.3) is 5.57 Å². The van der Waals surface area contributed by atoms with Crippen LogP contribution in [0.5, 0.6) is 5.75 Å². The third kappa shape index (κ3) is 2.52. The van der Waals surface area contributed by atoms with Crippen molar-refractivity contribution in [2.24, 2.45) is 0 Å². The molecule has 26 heavy (non-hydrogen) atoms. The fourth-order valence-electron chi connectivity index (χ4n) is 3.32. The summed E-state index contributed by atoms with van der Waals surface area (Å²) in [6, 6.07) is 10.7. The third-order valence-corrected chi connectivity index (χ3v) is 4.54. The van der Waals surface area contributed by atoms with Gasteiger partial charge < -0.3 is 9.64 Å². The quantitative estimate of drug-likeness (QED) is 0.584. The predicted octanol–water partition coefficient (Wildman–Crippen LogP) is 4.62. The number of para-hydroxylation sites is 2. The first-order valence-corrected chi connectivity index (χ1v) is 8.17.